The third-order valence-corrected chi connectivity index (χ3v) is 4.79. The first-order valence-corrected chi connectivity index (χ1v) is 8.46. The summed E-state index contributed by atoms with van der Waals surface area (Å²) in [6.07, 6.45) is 0.916. The van der Waals surface area contributed by atoms with Crippen LogP contribution in [0.5, 0.6) is 0 Å². The number of halogens is 3. The molecule has 108 valence electrons. The van der Waals surface area contributed by atoms with Gasteiger partial charge in [0.1, 0.15) is 0 Å². The zero-order valence-electron chi connectivity index (χ0n) is 11.4. The van der Waals surface area contributed by atoms with Crippen LogP contribution in [0, 0.1) is 0 Å². The van der Waals surface area contributed by atoms with E-state index in [1.54, 1.807) is 0 Å². The Hall–Kier alpha value is -0.520. The third-order valence-electron chi connectivity index (χ3n) is 3.07. The summed E-state index contributed by atoms with van der Waals surface area (Å²) in [5, 5.41) is 8.65. The number of benzene rings is 1. The molecule has 1 aromatic heterocycles. The second-order valence-electron chi connectivity index (χ2n) is 4.35. The van der Waals surface area contributed by atoms with E-state index in [1.165, 1.54) is 0 Å². The maximum atomic E-state index is 6.22. The normalized spacial score (nSPS) is 10.8. The average Bonchev–Trinajstić information content (AvgIpc) is 2.74. The van der Waals surface area contributed by atoms with Gasteiger partial charge in [0.05, 0.1) is 33.1 Å². The van der Waals surface area contributed by atoms with Crippen molar-refractivity contribution in [3.05, 3.63) is 43.6 Å². The van der Waals surface area contributed by atoms with Crippen molar-refractivity contribution in [2.45, 2.75) is 33.4 Å². The van der Waals surface area contributed by atoms with E-state index in [4.69, 9.17) is 11.6 Å². The SMILES string of the molecule is CCc1nn(CC)c(CNc2ccc(Br)cc2Cl)c1Br. The number of rotatable bonds is 5. The first-order chi connectivity index (χ1) is 9.56. The van der Waals surface area contributed by atoms with Gasteiger partial charge >= 0.3 is 0 Å². The van der Waals surface area contributed by atoms with Crippen LogP contribution in [0.2, 0.25) is 5.02 Å². The summed E-state index contributed by atoms with van der Waals surface area (Å²) in [4.78, 5) is 0. The molecule has 1 N–H and O–H groups in total. The van der Waals surface area contributed by atoms with E-state index in [9.17, 15) is 0 Å². The minimum absolute atomic E-state index is 0.683. The number of hydrogen-bond acceptors (Lipinski definition) is 2. The maximum Gasteiger partial charge on any atom is 0.0767 e. The van der Waals surface area contributed by atoms with Crippen molar-refractivity contribution in [3.8, 4) is 0 Å². The van der Waals surface area contributed by atoms with E-state index < -0.39 is 0 Å². The fourth-order valence-corrected chi connectivity index (χ4v) is 3.44. The van der Waals surface area contributed by atoms with Crippen molar-refractivity contribution in [1.29, 1.82) is 0 Å². The maximum absolute atomic E-state index is 6.22. The summed E-state index contributed by atoms with van der Waals surface area (Å²) in [6.45, 7) is 5.73. The number of nitrogens with one attached hydrogen (secondary N) is 1. The predicted octanol–water partition coefficient (Wildman–Crippen LogP) is 5.26. The Kier molecular flexibility index (Phi) is 5.52. The fourth-order valence-electron chi connectivity index (χ4n) is 2.00. The molecule has 0 spiro atoms. The molecule has 3 nitrogen and oxygen atoms in total. The lowest BCUT2D eigenvalue weighted by atomic mass is 10.3. The van der Waals surface area contributed by atoms with Gasteiger partial charge in [-0.05, 0) is 47.5 Å². The van der Waals surface area contributed by atoms with Crippen LogP contribution >= 0.6 is 43.5 Å². The van der Waals surface area contributed by atoms with Gasteiger partial charge in [0, 0.05) is 11.0 Å². The van der Waals surface area contributed by atoms with Crippen LogP contribution < -0.4 is 5.32 Å². The van der Waals surface area contributed by atoms with E-state index in [0.717, 1.165) is 39.0 Å². The van der Waals surface area contributed by atoms with Crippen LogP contribution in [0.3, 0.4) is 0 Å². The summed E-state index contributed by atoms with van der Waals surface area (Å²) < 4.78 is 4.08. The molecule has 2 rings (SSSR count). The third kappa shape index (κ3) is 3.38. The molecule has 1 heterocycles. The molecule has 2 aromatic rings. The summed E-state index contributed by atoms with van der Waals surface area (Å²) in [6, 6.07) is 5.82. The fraction of sp³-hybridized carbons (Fsp3) is 0.357. The van der Waals surface area contributed by atoms with E-state index in [0.29, 0.717) is 11.6 Å². The first kappa shape index (κ1) is 15.9. The van der Waals surface area contributed by atoms with Crippen LogP contribution in [-0.4, -0.2) is 9.78 Å². The van der Waals surface area contributed by atoms with E-state index in [-0.39, 0.29) is 0 Å². The number of nitrogens with zero attached hydrogens (tertiary/aromatic N) is 2. The molecule has 0 radical (unpaired) electrons. The van der Waals surface area contributed by atoms with Gasteiger partial charge in [-0.25, -0.2) is 0 Å². The number of aryl methyl sites for hydroxylation is 2. The quantitative estimate of drug-likeness (QED) is 0.714. The first-order valence-electron chi connectivity index (χ1n) is 6.49. The Labute approximate surface area is 141 Å². The van der Waals surface area contributed by atoms with Gasteiger partial charge in [-0.15, -0.1) is 0 Å². The van der Waals surface area contributed by atoms with Gasteiger partial charge in [-0.2, -0.15) is 5.10 Å². The minimum Gasteiger partial charge on any atom is -0.378 e. The molecular weight excluding hydrogens is 405 g/mol. The van der Waals surface area contributed by atoms with Crippen molar-refractivity contribution >= 4 is 49.1 Å². The van der Waals surface area contributed by atoms with Crippen LogP contribution in [-0.2, 0) is 19.5 Å². The van der Waals surface area contributed by atoms with Crippen molar-refractivity contribution < 1.29 is 0 Å². The molecule has 20 heavy (non-hydrogen) atoms. The van der Waals surface area contributed by atoms with Crippen molar-refractivity contribution in [3.63, 3.8) is 0 Å². The molecule has 0 bridgehead atoms. The van der Waals surface area contributed by atoms with Crippen LogP contribution in [0.4, 0.5) is 5.69 Å². The van der Waals surface area contributed by atoms with Gasteiger partial charge in [-0.1, -0.05) is 34.5 Å². The topological polar surface area (TPSA) is 29.9 Å². The Balaban J connectivity index is 2.20. The second-order valence-corrected chi connectivity index (χ2v) is 6.47. The van der Waals surface area contributed by atoms with E-state index in [2.05, 4.69) is 56.1 Å². The molecule has 1 aromatic carbocycles. The molecular formula is C14H16Br2ClN3. The number of hydrogen-bond donors (Lipinski definition) is 1. The second kappa shape index (κ2) is 6.96. The lowest BCUT2D eigenvalue weighted by Gasteiger charge is -2.10. The average molecular weight is 422 g/mol. The zero-order chi connectivity index (χ0) is 14.7. The van der Waals surface area contributed by atoms with Gasteiger partial charge in [0.25, 0.3) is 0 Å². The molecule has 0 aliphatic heterocycles. The van der Waals surface area contributed by atoms with Crippen LogP contribution in [0.15, 0.2) is 27.1 Å². The highest BCUT2D eigenvalue weighted by Gasteiger charge is 2.13. The zero-order valence-corrected chi connectivity index (χ0v) is 15.3. The number of aromatic nitrogens is 2. The number of anilines is 1. The highest BCUT2D eigenvalue weighted by atomic mass is 79.9. The molecule has 0 atom stereocenters. The standard InChI is InChI=1S/C14H16Br2ClN3/c1-3-11-14(16)13(20(4-2)19-11)8-18-12-6-5-9(15)7-10(12)17/h5-7,18H,3-4,8H2,1-2H3. The highest BCUT2D eigenvalue weighted by molar-refractivity contribution is 9.10. The molecule has 0 saturated carbocycles. The van der Waals surface area contributed by atoms with Gasteiger partial charge < -0.3 is 5.32 Å². The van der Waals surface area contributed by atoms with Crippen molar-refractivity contribution in [2.75, 3.05) is 5.32 Å². The van der Waals surface area contributed by atoms with Gasteiger partial charge in [0.15, 0.2) is 0 Å². The molecule has 0 fully saturated rings. The van der Waals surface area contributed by atoms with Crippen molar-refractivity contribution in [2.24, 2.45) is 0 Å². The molecule has 0 amide bonds. The summed E-state index contributed by atoms with van der Waals surface area (Å²) in [7, 11) is 0. The molecule has 0 saturated heterocycles. The Morgan fingerprint density at radius 2 is 2.05 bits per heavy atom. The predicted molar refractivity (Wildman–Crippen MR) is 91.5 cm³/mol. The Morgan fingerprint density at radius 1 is 1.30 bits per heavy atom. The van der Waals surface area contributed by atoms with Gasteiger partial charge in [-0.3, -0.25) is 4.68 Å². The largest absolute Gasteiger partial charge is 0.378 e. The lowest BCUT2D eigenvalue weighted by molar-refractivity contribution is 0.619. The van der Waals surface area contributed by atoms with Crippen LogP contribution in [0.1, 0.15) is 25.2 Å². The van der Waals surface area contributed by atoms with Crippen molar-refractivity contribution in [1.82, 2.24) is 9.78 Å². The summed E-state index contributed by atoms with van der Waals surface area (Å²) in [5.74, 6) is 0. The highest BCUT2D eigenvalue weighted by Crippen LogP contribution is 2.28. The Bertz CT molecular complexity index is 611. The van der Waals surface area contributed by atoms with E-state index >= 15 is 0 Å². The monoisotopic (exact) mass is 419 g/mol. The van der Waals surface area contributed by atoms with Gasteiger partial charge in [0.2, 0.25) is 0 Å². The Morgan fingerprint density at radius 3 is 2.65 bits per heavy atom. The van der Waals surface area contributed by atoms with E-state index in [1.807, 2.05) is 22.9 Å². The summed E-state index contributed by atoms with van der Waals surface area (Å²) in [5.41, 5.74) is 3.15. The lowest BCUT2D eigenvalue weighted by Crippen LogP contribution is -2.08. The summed E-state index contributed by atoms with van der Waals surface area (Å²) >= 11 is 13.3. The smallest absolute Gasteiger partial charge is 0.0767 e. The minimum atomic E-state index is 0.683. The molecule has 0 aliphatic rings. The molecule has 0 unspecified atom stereocenters. The van der Waals surface area contributed by atoms with Crippen LogP contribution in [0.25, 0.3) is 0 Å². The molecule has 0 aliphatic carbocycles. The molecule has 6 heteroatoms.